The van der Waals surface area contributed by atoms with Crippen LogP contribution in [-0.4, -0.2) is 28.5 Å². The minimum atomic E-state index is -0.0283. The van der Waals surface area contributed by atoms with E-state index in [1.807, 2.05) is 36.2 Å². The van der Waals surface area contributed by atoms with E-state index in [1.165, 1.54) is 5.57 Å². The SMILES string of the molecule is CC(C)=CCC[C@H](C)C=CC=C(C)C(=O)NCCc1cn(CCCN)cn1. The molecule has 1 aromatic rings. The molecule has 1 aromatic heterocycles. The van der Waals surface area contributed by atoms with Gasteiger partial charge in [-0.15, -0.1) is 0 Å². The van der Waals surface area contributed by atoms with E-state index in [0.717, 1.165) is 43.5 Å². The zero-order chi connectivity index (χ0) is 20.1. The quantitative estimate of drug-likeness (QED) is 0.333. The molecule has 1 rings (SSSR count). The van der Waals surface area contributed by atoms with E-state index >= 15 is 0 Å². The van der Waals surface area contributed by atoms with Crippen LogP contribution in [-0.2, 0) is 17.8 Å². The number of rotatable bonds is 12. The van der Waals surface area contributed by atoms with Gasteiger partial charge in [0.2, 0.25) is 5.91 Å². The van der Waals surface area contributed by atoms with Gasteiger partial charge in [0.1, 0.15) is 0 Å². The van der Waals surface area contributed by atoms with Crippen LogP contribution in [0.15, 0.2) is 48.0 Å². The van der Waals surface area contributed by atoms with E-state index in [9.17, 15) is 4.79 Å². The standard InChI is InChI=1S/C22H36N4O/c1-18(2)8-5-9-19(3)10-6-11-20(4)22(27)24-14-12-21-16-26(17-25-21)15-7-13-23/h6,8,10-11,16-17,19H,5,7,9,12-15,23H2,1-4H3,(H,24,27)/t19-/m0/s1. The maximum atomic E-state index is 12.1. The van der Waals surface area contributed by atoms with Crippen LogP contribution >= 0.6 is 0 Å². The second kappa shape index (κ2) is 13.1. The van der Waals surface area contributed by atoms with Gasteiger partial charge in [0, 0.05) is 31.3 Å². The Labute approximate surface area is 164 Å². The van der Waals surface area contributed by atoms with Gasteiger partial charge in [-0.25, -0.2) is 4.98 Å². The summed E-state index contributed by atoms with van der Waals surface area (Å²) >= 11 is 0. The van der Waals surface area contributed by atoms with Gasteiger partial charge in [0.05, 0.1) is 12.0 Å². The Morgan fingerprint density at radius 2 is 2.15 bits per heavy atom. The maximum absolute atomic E-state index is 12.1. The molecule has 0 aliphatic heterocycles. The van der Waals surface area contributed by atoms with E-state index < -0.39 is 0 Å². The molecule has 150 valence electrons. The number of nitrogens with one attached hydrogen (secondary N) is 1. The fraction of sp³-hybridized carbons (Fsp3) is 0.545. The average molecular weight is 373 g/mol. The smallest absolute Gasteiger partial charge is 0.246 e. The van der Waals surface area contributed by atoms with Crippen LogP contribution in [0, 0.1) is 5.92 Å². The van der Waals surface area contributed by atoms with Crippen molar-refractivity contribution in [3.8, 4) is 0 Å². The first-order valence-electron chi connectivity index (χ1n) is 9.89. The number of aromatic nitrogens is 2. The Bertz CT molecular complexity index is 651. The number of carbonyl (C=O) groups is 1. The number of nitrogens with two attached hydrogens (primary N) is 1. The first-order valence-corrected chi connectivity index (χ1v) is 9.89. The van der Waals surface area contributed by atoms with Crippen molar-refractivity contribution in [2.75, 3.05) is 13.1 Å². The van der Waals surface area contributed by atoms with Crippen LogP contribution in [0.25, 0.3) is 0 Å². The van der Waals surface area contributed by atoms with Gasteiger partial charge in [0.15, 0.2) is 0 Å². The molecule has 5 heteroatoms. The maximum Gasteiger partial charge on any atom is 0.246 e. The number of hydrogen-bond donors (Lipinski definition) is 2. The molecule has 27 heavy (non-hydrogen) atoms. The van der Waals surface area contributed by atoms with Crippen molar-refractivity contribution >= 4 is 5.91 Å². The van der Waals surface area contributed by atoms with Crippen LogP contribution in [0.5, 0.6) is 0 Å². The summed E-state index contributed by atoms with van der Waals surface area (Å²) in [6, 6.07) is 0. The lowest BCUT2D eigenvalue weighted by atomic mass is 10.0. The van der Waals surface area contributed by atoms with E-state index in [2.05, 4.69) is 43.2 Å². The summed E-state index contributed by atoms with van der Waals surface area (Å²) in [6.45, 7) is 10.4. The normalized spacial score (nSPS) is 13.0. The van der Waals surface area contributed by atoms with Gasteiger partial charge in [0.25, 0.3) is 0 Å². The highest BCUT2D eigenvalue weighted by Gasteiger charge is 2.04. The molecule has 3 N–H and O–H groups in total. The molecule has 0 bridgehead atoms. The Morgan fingerprint density at radius 1 is 1.37 bits per heavy atom. The van der Waals surface area contributed by atoms with E-state index in [4.69, 9.17) is 5.73 Å². The summed E-state index contributed by atoms with van der Waals surface area (Å²) in [5.74, 6) is 0.474. The fourth-order valence-electron chi connectivity index (χ4n) is 2.57. The van der Waals surface area contributed by atoms with Crippen molar-refractivity contribution in [2.45, 2.75) is 59.9 Å². The Morgan fingerprint density at radius 3 is 2.85 bits per heavy atom. The molecule has 5 nitrogen and oxygen atoms in total. The molecule has 0 saturated carbocycles. The summed E-state index contributed by atoms with van der Waals surface area (Å²) in [5.41, 5.74) is 8.58. The van der Waals surface area contributed by atoms with Crippen molar-refractivity contribution in [3.63, 3.8) is 0 Å². The van der Waals surface area contributed by atoms with Crippen molar-refractivity contribution in [2.24, 2.45) is 11.7 Å². The summed E-state index contributed by atoms with van der Waals surface area (Å²) in [4.78, 5) is 16.5. The molecule has 0 aromatic carbocycles. The third-order valence-corrected chi connectivity index (χ3v) is 4.29. The van der Waals surface area contributed by atoms with Gasteiger partial charge in [-0.3, -0.25) is 4.79 Å². The number of hydrogen-bond acceptors (Lipinski definition) is 3. The lowest BCUT2D eigenvalue weighted by molar-refractivity contribution is -0.117. The highest BCUT2D eigenvalue weighted by Crippen LogP contribution is 2.09. The van der Waals surface area contributed by atoms with Gasteiger partial charge in [-0.1, -0.05) is 36.8 Å². The zero-order valence-corrected chi connectivity index (χ0v) is 17.4. The molecule has 0 saturated heterocycles. The molecule has 0 unspecified atom stereocenters. The Hall–Kier alpha value is -2.14. The molecule has 1 heterocycles. The van der Waals surface area contributed by atoms with E-state index in [1.54, 1.807) is 0 Å². The van der Waals surface area contributed by atoms with Gasteiger partial charge in [-0.2, -0.15) is 0 Å². The molecule has 1 atom stereocenters. The second-order valence-corrected chi connectivity index (χ2v) is 7.32. The monoisotopic (exact) mass is 372 g/mol. The lowest BCUT2D eigenvalue weighted by Crippen LogP contribution is -2.26. The van der Waals surface area contributed by atoms with Crippen LogP contribution < -0.4 is 11.1 Å². The molecule has 0 aliphatic rings. The summed E-state index contributed by atoms with van der Waals surface area (Å²) in [7, 11) is 0. The lowest BCUT2D eigenvalue weighted by Gasteiger charge is -2.05. The predicted molar refractivity (Wildman–Crippen MR) is 113 cm³/mol. The van der Waals surface area contributed by atoms with E-state index in [-0.39, 0.29) is 5.91 Å². The third kappa shape index (κ3) is 10.6. The van der Waals surface area contributed by atoms with Gasteiger partial charge >= 0.3 is 0 Å². The van der Waals surface area contributed by atoms with Crippen molar-refractivity contribution < 1.29 is 4.79 Å². The van der Waals surface area contributed by atoms with Crippen molar-refractivity contribution in [1.29, 1.82) is 0 Å². The molecular weight excluding hydrogens is 336 g/mol. The fourth-order valence-corrected chi connectivity index (χ4v) is 2.57. The topological polar surface area (TPSA) is 72.9 Å². The molecular formula is C22H36N4O. The number of allylic oxidation sites excluding steroid dienone is 5. The van der Waals surface area contributed by atoms with Crippen molar-refractivity contribution in [1.82, 2.24) is 14.9 Å². The summed E-state index contributed by atoms with van der Waals surface area (Å²) in [5, 5.41) is 2.95. The van der Waals surface area contributed by atoms with Gasteiger partial charge < -0.3 is 15.6 Å². The Kier molecular flexibility index (Phi) is 11.1. The number of carbonyl (C=O) groups excluding carboxylic acids is 1. The first-order chi connectivity index (χ1) is 12.9. The highest BCUT2D eigenvalue weighted by molar-refractivity contribution is 5.93. The molecule has 0 aliphatic carbocycles. The minimum absolute atomic E-state index is 0.0283. The van der Waals surface area contributed by atoms with Crippen LogP contribution in [0.1, 0.15) is 52.7 Å². The second-order valence-electron chi connectivity index (χ2n) is 7.32. The molecule has 1 amide bonds. The zero-order valence-electron chi connectivity index (χ0n) is 17.4. The van der Waals surface area contributed by atoms with Gasteiger partial charge in [-0.05, 0) is 52.5 Å². The summed E-state index contributed by atoms with van der Waals surface area (Å²) in [6.07, 6.45) is 16.0. The van der Waals surface area contributed by atoms with Crippen LogP contribution in [0.2, 0.25) is 0 Å². The largest absolute Gasteiger partial charge is 0.352 e. The Balaban J connectivity index is 2.32. The molecule has 0 radical (unpaired) electrons. The molecule has 0 spiro atoms. The van der Waals surface area contributed by atoms with Crippen molar-refractivity contribution in [3.05, 3.63) is 53.7 Å². The summed E-state index contributed by atoms with van der Waals surface area (Å²) < 4.78 is 2.04. The van der Waals surface area contributed by atoms with Crippen LogP contribution in [0.3, 0.4) is 0 Å². The van der Waals surface area contributed by atoms with E-state index in [0.29, 0.717) is 19.0 Å². The van der Waals surface area contributed by atoms with Crippen LogP contribution in [0.4, 0.5) is 0 Å². The number of nitrogens with zero attached hydrogens (tertiary/aromatic N) is 2. The average Bonchev–Trinajstić information content (AvgIpc) is 3.07. The highest BCUT2D eigenvalue weighted by atomic mass is 16.1. The predicted octanol–water partition coefficient (Wildman–Crippen LogP) is 3.78. The molecule has 0 fully saturated rings. The number of imidazole rings is 1. The minimum Gasteiger partial charge on any atom is -0.352 e. The third-order valence-electron chi connectivity index (χ3n) is 4.29. The number of aryl methyl sites for hydroxylation is 1. The first kappa shape index (κ1) is 22.9. The number of amides is 1.